The number of aliphatic hydroxyl groups excluding tert-OH is 1. The van der Waals surface area contributed by atoms with Gasteiger partial charge in [0.2, 0.25) is 0 Å². The lowest BCUT2D eigenvalue weighted by Gasteiger charge is -2.03. The zero-order valence-corrected chi connectivity index (χ0v) is 16.0. The lowest BCUT2D eigenvalue weighted by atomic mass is 10.2. The number of nitrogens with zero attached hydrogens (tertiary/aromatic N) is 1. The van der Waals surface area contributed by atoms with Gasteiger partial charge in [0.05, 0.1) is 0 Å². The van der Waals surface area contributed by atoms with Gasteiger partial charge in [0, 0.05) is 13.2 Å². The topological polar surface area (TPSA) is 275 Å². The minimum Gasteiger partial charge on any atom is -0.480 e. The number of carboxylic acids is 3. The Kier molecular flexibility index (Phi) is 20.8. The van der Waals surface area contributed by atoms with Crippen molar-refractivity contribution in [1.82, 2.24) is 0 Å². The van der Waals surface area contributed by atoms with Crippen LogP contribution in [0.25, 0.3) is 0 Å². The predicted octanol–water partition coefficient (Wildman–Crippen LogP) is -2.57. The molecular weight excluding hydrogens is 376 g/mol. The maximum Gasteiger partial charge on any atom is 0.320 e. The number of aliphatic carboxylic acids is 3. The van der Waals surface area contributed by atoms with Crippen LogP contribution in [-0.2, 0) is 14.4 Å². The van der Waals surface area contributed by atoms with Crippen LogP contribution in [0, 0.1) is 0 Å². The quantitative estimate of drug-likeness (QED) is 0.0965. The minimum atomic E-state index is -1.07. The monoisotopic (exact) mass is 410 g/mol. The number of rotatable bonds is 11. The van der Waals surface area contributed by atoms with Crippen LogP contribution >= 0.6 is 0 Å². The smallest absolute Gasteiger partial charge is 0.320 e. The second-order valence-electron chi connectivity index (χ2n) is 5.58. The van der Waals surface area contributed by atoms with Crippen LogP contribution in [0.5, 0.6) is 0 Å². The van der Waals surface area contributed by atoms with Crippen LogP contribution in [-0.4, -0.2) is 75.6 Å². The molecule has 0 fully saturated rings. The number of hydrogen-bond acceptors (Lipinski definition) is 8. The summed E-state index contributed by atoms with van der Waals surface area (Å²) in [5, 5.41) is 32.8. The van der Waals surface area contributed by atoms with E-state index in [0.29, 0.717) is 25.8 Å². The fourth-order valence-electron chi connectivity index (χ4n) is 1.34. The first-order valence-corrected chi connectivity index (χ1v) is 8.51. The second kappa shape index (κ2) is 19.3. The highest BCUT2D eigenvalue weighted by Gasteiger charge is 2.10. The van der Waals surface area contributed by atoms with Gasteiger partial charge in [0.25, 0.3) is 0 Å². The molecule has 0 aromatic carbocycles. The van der Waals surface area contributed by atoms with E-state index < -0.39 is 36.0 Å². The van der Waals surface area contributed by atoms with Crippen LogP contribution in [0.4, 0.5) is 0 Å². The molecule has 0 bridgehead atoms. The molecule has 0 radical (unpaired) electrons. The normalized spacial score (nSPS) is 12.8. The van der Waals surface area contributed by atoms with Gasteiger partial charge in [0.15, 0.2) is 5.96 Å². The molecule has 13 heteroatoms. The van der Waals surface area contributed by atoms with E-state index in [4.69, 9.17) is 49.1 Å². The summed E-state index contributed by atoms with van der Waals surface area (Å²) in [5.74, 6) is -2.97. The van der Waals surface area contributed by atoms with Gasteiger partial charge < -0.3 is 49.1 Å². The van der Waals surface area contributed by atoms with Crippen molar-refractivity contribution >= 4 is 23.9 Å². The molecule has 166 valence electrons. The number of hydrogen-bond donors (Lipinski definition) is 9. The van der Waals surface area contributed by atoms with Gasteiger partial charge in [0.1, 0.15) is 18.1 Å². The fraction of sp³-hybridized carbons (Fsp3) is 0.733. The van der Waals surface area contributed by atoms with Crippen molar-refractivity contribution in [3.8, 4) is 0 Å². The first kappa shape index (κ1) is 30.3. The van der Waals surface area contributed by atoms with Gasteiger partial charge in [-0.25, -0.2) is 0 Å². The largest absolute Gasteiger partial charge is 0.480 e. The lowest BCUT2D eigenvalue weighted by molar-refractivity contribution is -0.139. The maximum atomic E-state index is 10.2. The molecule has 3 atom stereocenters. The summed E-state index contributed by atoms with van der Waals surface area (Å²) in [6.07, 6.45) is 2.47. The highest BCUT2D eigenvalue weighted by atomic mass is 16.4. The first-order valence-electron chi connectivity index (χ1n) is 8.51. The Labute approximate surface area is 163 Å². The Balaban J connectivity index is -0.000000347. The van der Waals surface area contributed by atoms with Crippen molar-refractivity contribution in [2.75, 3.05) is 13.2 Å². The van der Waals surface area contributed by atoms with Crippen LogP contribution < -0.4 is 28.7 Å². The molecule has 1 unspecified atom stereocenters. The standard InChI is InChI=1S/C6H14N4O2.C5H11NO2.C4H9NO3/c7-4(5(11)12)2-1-3-10-6(8)9;1-2-3-4(6)5(7)8;5-3(1-2-6)4(7)8/h4H,1-3,7H2,(H,11,12)(H4,8,9,10);4H,2-3,6H2,1H3,(H,7,8);3,6H,1-2,5H2,(H,7,8)/t4-;;3-/m0.0/s1. The number of nitrogens with two attached hydrogens (primary N) is 5. The third kappa shape index (κ3) is 23.5. The minimum absolute atomic E-state index is 0.0129. The van der Waals surface area contributed by atoms with Crippen molar-refractivity contribution in [3.63, 3.8) is 0 Å². The molecule has 0 aliphatic heterocycles. The van der Waals surface area contributed by atoms with E-state index in [1.165, 1.54) is 0 Å². The van der Waals surface area contributed by atoms with E-state index in [1.807, 2.05) is 6.92 Å². The SMILES string of the molecule is CCCC(N)C(=O)O.NC(N)=NCCC[C@H](N)C(=O)O.N[C@@H](CCO)C(=O)O. The van der Waals surface area contributed by atoms with E-state index >= 15 is 0 Å². The van der Waals surface area contributed by atoms with Crippen LogP contribution in [0.15, 0.2) is 4.99 Å². The predicted molar refractivity (Wildman–Crippen MR) is 103 cm³/mol. The highest BCUT2D eigenvalue weighted by Crippen LogP contribution is 1.94. The summed E-state index contributed by atoms with van der Waals surface area (Å²) in [5.41, 5.74) is 25.4. The average Bonchev–Trinajstić information content (AvgIpc) is 2.59. The van der Waals surface area contributed by atoms with E-state index in [-0.39, 0.29) is 19.0 Å². The van der Waals surface area contributed by atoms with Gasteiger partial charge in [-0.1, -0.05) is 13.3 Å². The summed E-state index contributed by atoms with van der Waals surface area (Å²) >= 11 is 0. The summed E-state index contributed by atoms with van der Waals surface area (Å²) < 4.78 is 0. The van der Waals surface area contributed by atoms with Gasteiger partial charge >= 0.3 is 17.9 Å². The molecule has 13 nitrogen and oxygen atoms in total. The van der Waals surface area contributed by atoms with Crippen LogP contribution in [0.2, 0.25) is 0 Å². The molecule has 14 N–H and O–H groups in total. The third-order valence-corrected chi connectivity index (χ3v) is 2.96. The number of aliphatic imine (C=N–C) groups is 1. The Morgan fingerprint density at radius 1 is 0.821 bits per heavy atom. The lowest BCUT2D eigenvalue weighted by Crippen LogP contribution is -2.30. The zero-order chi connectivity index (χ0) is 22.7. The van der Waals surface area contributed by atoms with Crippen molar-refractivity contribution in [2.24, 2.45) is 33.7 Å². The van der Waals surface area contributed by atoms with Gasteiger partial charge in [-0.2, -0.15) is 0 Å². The van der Waals surface area contributed by atoms with Crippen LogP contribution in [0.3, 0.4) is 0 Å². The molecule has 0 amide bonds. The van der Waals surface area contributed by atoms with Crippen molar-refractivity contribution in [2.45, 2.75) is 57.2 Å². The Morgan fingerprint density at radius 2 is 1.21 bits per heavy atom. The van der Waals surface area contributed by atoms with E-state index in [2.05, 4.69) is 4.99 Å². The summed E-state index contributed by atoms with van der Waals surface area (Å²) in [6.45, 7) is 2.15. The molecule has 0 spiro atoms. The molecular formula is C15H34N6O7. The average molecular weight is 410 g/mol. The molecule has 0 aromatic heterocycles. The van der Waals surface area contributed by atoms with E-state index in [0.717, 1.165) is 6.42 Å². The molecule has 0 heterocycles. The molecule has 0 aliphatic rings. The Morgan fingerprint density at radius 3 is 1.46 bits per heavy atom. The van der Waals surface area contributed by atoms with Crippen molar-refractivity contribution in [1.29, 1.82) is 0 Å². The summed E-state index contributed by atoms with van der Waals surface area (Å²) in [6, 6.07) is -2.40. The number of carbonyl (C=O) groups is 3. The number of aliphatic hydroxyl groups is 1. The molecule has 0 saturated heterocycles. The van der Waals surface area contributed by atoms with E-state index in [9.17, 15) is 14.4 Å². The summed E-state index contributed by atoms with van der Waals surface area (Å²) in [4.78, 5) is 33.7. The molecule has 28 heavy (non-hydrogen) atoms. The van der Waals surface area contributed by atoms with Gasteiger partial charge in [-0.3, -0.25) is 19.4 Å². The summed E-state index contributed by atoms with van der Waals surface area (Å²) in [7, 11) is 0. The Bertz CT molecular complexity index is 450. The van der Waals surface area contributed by atoms with Gasteiger partial charge in [-0.15, -0.1) is 0 Å². The highest BCUT2D eigenvalue weighted by molar-refractivity contribution is 5.75. The third-order valence-electron chi connectivity index (χ3n) is 2.96. The molecule has 0 saturated carbocycles. The zero-order valence-electron chi connectivity index (χ0n) is 16.0. The van der Waals surface area contributed by atoms with E-state index in [1.54, 1.807) is 0 Å². The molecule has 0 aromatic rings. The van der Waals surface area contributed by atoms with Crippen molar-refractivity contribution in [3.05, 3.63) is 0 Å². The van der Waals surface area contributed by atoms with Crippen LogP contribution in [0.1, 0.15) is 39.0 Å². The Hall–Kier alpha value is -2.48. The first-order chi connectivity index (χ1) is 12.9. The molecule has 0 aliphatic carbocycles. The van der Waals surface area contributed by atoms with Gasteiger partial charge in [-0.05, 0) is 25.7 Å². The molecule has 0 rings (SSSR count). The van der Waals surface area contributed by atoms with Crippen molar-refractivity contribution < 1.29 is 34.8 Å². The second-order valence-corrected chi connectivity index (χ2v) is 5.58. The number of guanidine groups is 1. The fourth-order valence-corrected chi connectivity index (χ4v) is 1.34. The maximum absolute atomic E-state index is 10.2. The number of carboxylic acid groups (broad SMARTS) is 3.